The molecule has 2 unspecified atom stereocenters. The molecular formula is C21H23FN2O4. The van der Waals surface area contributed by atoms with E-state index in [0.29, 0.717) is 42.1 Å². The number of benzene rings is 2. The molecule has 0 aliphatic heterocycles. The van der Waals surface area contributed by atoms with Crippen LogP contribution in [-0.4, -0.2) is 32.6 Å². The number of ether oxygens (including phenoxy) is 2. The van der Waals surface area contributed by atoms with Crippen LogP contribution in [0.3, 0.4) is 0 Å². The minimum absolute atomic E-state index is 0.177. The minimum Gasteiger partial charge on any atom is -0.493 e. The molecule has 2 N–H and O–H groups in total. The van der Waals surface area contributed by atoms with Gasteiger partial charge in [0.25, 0.3) is 0 Å². The molecule has 28 heavy (non-hydrogen) atoms. The summed E-state index contributed by atoms with van der Waals surface area (Å²) in [5, 5.41) is 5.58. The molecule has 2 aromatic rings. The zero-order valence-corrected chi connectivity index (χ0v) is 15.8. The second kappa shape index (κ2) is 8.73. The van der Waals surface area contributed by atoms with Crippen molar-refractivity contribution in [3.8, 4) is 11.5 Å². The first-order valence-corrected chi connectivity index (χ1v) is 9.07. The van der Waals surface area contributed by atoms with Gasteiger partial charge in [0, 0.05) is 18.3 Å². The van der Waals surface area contributed by atoms with Gasteiger partial charge in [-0.15, -0.1) is 0 Å². The summed E-state index contributed by atoms with van der Waals surface area (Å²) in [6.07, 6.45) is 0.915. The van der Waals surface area contributed by atoms with Crippen molar-refractivity contribution < 1.29 is 23.5 Å². The predicted molar refractivity (Wildman–Crippen MR) is 103 cm³/mol. The van der Waals surface area contributed by atoms with E-state index < -0.39 is 0 Å². The SMILES string of the molecule is COc1ccc(NC(=O)C2CC2C(=O)NCCc2ccccc2F)cc1OC. The molecular weight excluding hydrogens is 363 g/mol. The van der Waals surface area contributed by atoms with Gasteiger partial charge in [-0.3, -0.25) is 9.59 Å². The van der Waals surface area contributed by atoms with E-state index in [2.05, 4.69) is 10.6 Å². The van der Waals surface area contributed by atoms with Crippen molar-refractivity contribution in [1.82, 2.24) is 5.32 Å². The molecule has 1 aliphatic carbocycles. The Morgan fingerprint density at radius 3 is 2.46 bits per heavy atom. The minimum atomic E-state index is -0.360. The molecule has 0 bridgehead atoms. The fourth-order valence-corrected chi connectivity index (χ4v) is 3.08. The maximum atomic E-state index is 13.6. The number of halogens is 1. The highest BCUT2D eigenvalue weighted by Crippen LogP contribution is 2.40. The standard InChI is InChI=1S/C21H23FN2O4/c1-27-18-8-7-14(11-19(18)28-2)24-21(26)16-12-15(16)20(25)23-10-9-13-5-3-4-6-17(13)22/h3-8,11,15-16H,9-10,12H2,1-2H3,(H,23,25)(H,24,26). The van der Waals surface area contributed by atoms with Crippen LogP contribution in [0.15, 0.2) is 42.5 Å². The Labute approximate surface area is 163 Å². The second-order valence-electron chi connectivity index (χ2n) is 6.64. The van der Waals surface area contributed by atoms with Gasteiger partial charge in [-0.1, -0.05) is 18.2 Å². The van der Waals surface area contributed by atoms with E-state index in [1.165, 1.54) is 20.3 Å². The van der Waals surface area contributed by atoms with Crippen molar-refractivity contribution in [3.63, 3.8) is 0 Å². The fraction of sp³-hybridized carbons (Fsp3) is 0.333. The summed E-state index contributed by atoms with van der Waals surface area (Å²) in [6, 6.07) is 11.6. The highest BCUT2D eigenvalue weighted by molar-refractivity contribution is 5.99. The zero-order valence-electron chi connectivity index (χ0n) is 15.8. The molecule has 1 saturated carbocycles. The molecule has 3 rings (SSSR count). The first-order valence-electron chi connectivity index (χ1n) is 9.07. The second-order valence-corrected chi connectivity index (χ2v) is 6.64. The fourth-order valence-electron chi connectivity index (χ4n) is 3.08. The molecule has 7 heteroatoms. The molecule has 0 aromatic heterocycles. The molecule has 2 atom stereocenters. The highest BCUT2D eigenvalue weighted by Gasteiger charge is 2.47. The van der Waals surface area contributed by atoms with Gasteiger partial charge < -0.3 is 20.1 Å². The van der Waals surface area contributed by atoms with Crippen LogP contribution in [0.1, 0.15) is 12.0 Å². The third-order valence-electron chi connectivity index (χ3n) is 4.77. The summed E-state index contributed by atoms with van der Waals surface area (Å²) in [7, 11) is 3.06. The van der Waals surface area contributed by atoms with Gasteiger partial charge in [0.05, 0.1) is 26.1 Å². The van der Waals surface area contributed by atoms with E-state index >= 15 is 0 Å². The van der Waals surface area contributed by atoms with Crippen LogP contribution < -0.4 is 20.1 Å². The Morgan fingerprint density at radius 2 is 1.75 bits per heavy atom. The van der Waals surface area contributed by atoms with Crippen molar-refractivity contribution in [2.24, 2.45) is 11.8 Å². The number of hydrogen-bond acceptors (Lipinski definition) is 4. The van der Waals surface area contributed by atoms with Crippen LogP contribution in [0, 0.1) is 17.7 Å². The third-order valence-corrected chi connectivity index (χ3v) is 4.77. The molecule has 1 fully saturated rings. The molecule has 6 nitrogen and oxygen atoms in total. The van der Waals surface area contributed by atoms with Crippen LogP contribution in [0.2, 0.25) is 0 Å². The number of methoxy groups -OCH3 is 2. The molecule has 0 spiro atoms. The lowest BCUT2D eigenvalue weighted by Crippen LogP contribution is -2.29. The molecule has 0 radical (unpaired) electrons. The smallest absolute Gasteiger partial charge is 0.228 e. The van der Waals surface area contributed by atoms with E-state index in [9.17, 15) is 14.0 Å². The number of rotatable bonds is 8. The Bertz CT molecular complexity index is 871. The van der Waals surface area contributed by atoms with Gasteiger partial charge in [0.15, 0.2) is 11.5 Å². The lowest BCUT2D eigenvalue weighted by molar-refractivity contribution is -0.125. The van der Waals surface area contributed by atoms with Gasteiger partial charge >= 0.3 is 0 Å². The van der Waals surface area contributed by atoms with Gasteiger partial charge in [-0.25, -0.2) is 4.39 Å². The Morgan fingerprint density at radius 1 is 1.04 bits per heavy atom. The third kappa shape index (κ3) is 4.60. The van der Waals surface area contributed by atoms with Gasteiger partial charge in [0.2, 0.25) is 11.8 Å². The Kier molecular flexibility index (Phi) is 6.13. The van der Waals surface area contributed by atoms with Crippen LogP contribution >= 0.6 is 0 Å². The lowest BCUT2D eigenvalue weighted by atomic mass is 10.1. The Balaban J connectivity index is 1.47. The monoisotopic (exact) mass is 386 g/mol. The molecule has 2 amide bonds. The molecule has 2 aromatic carbocycles. The van der Waals surface area contributed by atoms with Crippen LogP contribution in [-0.2, 0) is 16.0 Å². The number of nitrogens with one attached hydrogen (secondary N) is 2. The topological polar surface area (TPSA) is 76.7 Å². The normalized spacial score (nSPS) is 17.5. The largest absolute Gasteiger partial charge is 0.493 e. The van der Waals surface area contributed by atoms with E-state index in [1.54, 1.807) is 36.4 Å². The van der Waals surface area contributed by atoms with Crippen LogP contribution in [0.5, 0.6) is 11.5 Å². The van der Waals surface area contributed by atoms with Crippen molar-refractivity contribution >= 4 is 17.5 Å². The van der Waals surface area contributed by atoms with Crippen molar-refractivity contribution in [2.75, 3.05) is 26.1 Å². The number of anilines is 1. The maximum absolute atomic E-state index is 13.6. The quantitative estimate of drug-likeness (QED) is 0.732. The van der Waals surface area contributed by atoms with Crippen molar-refractivity contribution in [1.29, 1.82) is 0 Å². The number of amides is 2. The summed E-state index contributed by atoms with van der Waals surface area (Å²) in [6.45, 7) is 0.334. The molecule has 0 saturated heterocycles. The van der Waals surface area contributed by atoms with E-state index in [1.807, 2.05) is 0 Å². The van der Waals surface area contributed by atoms with Crippen molar-refractivity contribution in [3.05, 3.63) is 53.8 Å². The van der Waals surface area contributed by atoms with E-state index in [4.69, 9.17) is 9.47 Å². The first-order chi connectivity index (χ1) is 13.5. The van der Waals surface area contributed by atoms with Crippen LogP contribution in [0.25, 0.3) is 0 Å². The van der Waals surface area contributed by atoms with E-state index in [-0.39, 0.29) is 29.5 Å². The average molecular weight is 386 g/mol. The summed E-state index contributed by atoms with van der Waals surface area (Å²) in [5.41, 5.74) is 1.13. The lowest BCUT2D eigenvalue weighted by Gasteiger charge is -2.10. The number of carbonyl (C=O) groups is 2. The predicted octanol–water partition coefficient (Wildman–Crippen LogP) is 2.78. The number of carbonyl (C=O) groups excluding carboxylic acids is 2. The first kappa shape index (κ1) is 19.7. The summed E-state index contributed by atoms with van der Waals surface area (Å²) < 4.78 is 24.0. The van der Waals surface area contributed by atoms with Crippen molar-refractivity contribution in [2.45, 2.75) is 12.8 Å². The summed E-state index contributed by atoms with van der Waals surface area (Å²) in [4.78, 5) is 24.6. The number of hydrogen-bond donors (Lipinski definition) is 2. The van der Waals surface area contributed by atoms with Gasteiger partial charge in [-0.05, 0) is 36.6 Å². The molecule has 1 aliphatic rings. The maximum Gasteiger partial charge on any atom is 0.228 e. The van der Waals surface area contributed by atoms with Crippen LogP contribution in [0.4, 0.5) is 10.1 Å². The average Bonchev–Trinajstić information content (AvgIpc) is 3.50. The Hall–Kier alpha value is -3.09. The summed E-state index contributed by atoms with van der Waals surface area (Å²) in [5.74, 6) is -0.291. The van der Waals surface area contributed by atoms with Gasteiger partial charge in [-0.2, -0.15) is 0 Å². The summed E-state index contributed by atoms with van der Waals surface area (Å²) >= 11 is 0. The molecule has 0 heterocycles. The zero-order chi connectivity index (χ0) is 20.1. The van der Waals surface area contributed by atoms with Gasteiger partial charge in [0.1, 0.15) is 5.82 Å². The van der Waals surface area contributed by atoms with E-state index in [0.717, 1.165) is 0 Å². The highest BCUT2D eigenvalue weighted by atomic mass is 19.1. The molecule has 148 valence electrons.